The smallest absolute Gasteiger partial charge is 0.244 e. The van der Waals surface area contributed by atoms with Crippen molar-refractivity contribution >= 4 is 10.0 Å². The predicted octanol–water partition coefficient (Wildman–Crippen LogP) is 0.781. The molecule has 1 rings (SSSR count). The molecule has 0 atom stereocenters. The lowest BCUT2D eigenvalue weighted by atomic mass is 10.4. The second kappa shape index (κ2) is 7.64. The van der Waals surface area contributed by atoms with Crippen LogP contribution in [0.2, 0.25) is 0 Å². The third-order valence-electron chi connectivity index (χ3n) is 2.82. The molecule has 0 spiro atoms. The van der Waals surface area contributed by atoms with Crippen LogP contribution in [-0.2, 0) is 21.3 Å². The second-order valence-electron chi connectivity index (χ2n) is 4.13. The number of H-pyrrole nitrogens is 1. The van der Waals surface area contributed by atoms with E-state index in [0.29, 0.717) is 31.1 Å². The van der Waals surface area contributed by atoms with Crippen LogP contribution in [0.5, 0.6) is 0 Å². The summed E-state index contributed by atoms with van der Waals surface area (Å²) in [5, 5.41) is 3.15. The Morgan fingerprint density at radius 2 is 2.16 bits per heavy atom. The molecular formula is C12H23N3O3S. The minimum absolute atomic E-state index is 0.304. The van der Waals surface area contributed by atoms with Crippen molar-refractivity contribution in [1.82, 2.24) is 14.6 Å². The maximum atomic E-state index is 12.4. The molecule has 0 amide bonds. The molecule has 110 valence electrons. The first-order valence-electron chi connectivity index (χ1n) is 6.43. The molecule has 0 saturated carbocycles. The first kappa shape index (κ1) is 16.2. The summed E-state index contributed by atoms with van der Waals surface area (Å²) in [6, 6.07) is 1.67. The van der Waals surface area contributed by atoms with Gasteiger partial charge in [0.15, 0.2) is 0 Å². The number of hydrogen-bond donors (Lipinski definition) is 2. The zero-order chi connectivity index (χ0) is 14.3. The van der Waals surface area contributed by atoms with Crippen LogP contribution in [0, 0.1) is 0 Å². The highest BCUT2D eigenvalue weighted by Gasteiger charge is 2.23. The number of methoxy groups -OCH3 is 1. The van der Waals surface area contributed by atoms with E-state index in [2.05, 4.69) is 10.3 Å². The molecule has 0 saturated heterocycles. The van der Waals surface area contributed by atoms with Crippen LogP contribution in [0.1, 0.15) is 19.5 Å². The first-order chi connectivity index (χ1) is 9.06. The molecule has 1 heterocycles. The van der Waals surface area contributed by atoms with Gasteiger partial charge in [0.25, 0.3) is 0 Å². The second-order valence-corrected chi connectivity index (χ2v) is 6.07. The number of aromatic amines is 1. The van der Waals surface area contributed by atoms with E-state index in [1.807, 2.05) is 13.8 Å². The van der Waals surface area contributed by atoms with Crippen molar-refractivity contribution in [2.45, 2.75) is 25.3 Å². The van der Waals surface area contributed by atoms with Crippen molar-refractivity contribution in [3.8, 4) is 0 Å². The van der Waals surface area contributed by atoms with Gasteiger partial charge in [0.05, 0.1) is 11.5 Å². The van der Waals surface area contributed by atoms with Gasteiger partial charge < -0.3 is 15.0 Å². The summed E-state index contributed by atoms with van der Waals surface area (Å²) in [6.07, 6.45) is 1.54. The zero-order valence-corrected chi connectivity index (χ0v) is 12.6. The Hall–Kier alpha value is -0.890. The minimum Gasteiger partial charge on any atom is -0.383 e. The van der Waals surface area contributed by atoms with Crippen molar-refractivity contribution in [2.75, 3.05) is 33.4 Å². The molecule has 1 aromatic rings. The van der Waals surface area contributed by atoms with Crippen LogP contribution in [0.25, 0.3) is 0 Å². The lowest BCUT2D eigenvalue weighted by molar-refractivity contribution is 0.180. The zero-order valence-electron chi connectivity index (χ0n) is 11.8. The monoisotopic (exact) mass is 289 g/mol. The highest BCUT2D eigenvalue weighted by molar-refractivity contribution is 7.89. The topological polar surface area (TPSA) is 74.4 Å². The van der Waals surface area contributed by atoms with Crippen LogP contribution in [0.3, 0.4) is 0 Å². The highest BCUT2D eigenvalue weighted by atomic mass is 32.2. The number of nitrogens with zero attached hydrogens (tertiary/aromatic N) is 1. The third-order valence-corrected chi connectivity index (χ3v) is 4.77. The number of aromatic nitrogens is 1. The molecule has 0 aromatic carbocycles. The molecule has 0 aliphatic rings. The Bertz CT molecular complexity index is 470. The van der Waals surface area contributed by atoms with E-state index in [1.165, 1.54) is 10.5 Å². The summed E-state index contributed by atoms with van der Waals surface area (Å²) < 4.78 is 31.1. The normalized spacial score (nSPS) is 12.2. The summed E-state index contributed by atoms with van der Waals surface area (Å²) in [4.78, 5) is 3.29. The molecule has 2 N–H and O–H groups in total. The van der Waals surface area contributed by atoms with Crippen LogP contribution in [0.4, 0.5) is 0 Å². The molecule has 6 nitrogen and oxygen atoms in total. The largest absolute Gasteiger partial charge is 0.383 e. The van der Waals surface area contributed by atoms with Gasteiger partial charge in [-0.3, -0.25) is 0 Å². The van der Waals surface area contributed by atoms with E-state index in [0.717, 1.165) is 12.2 Å². The van der Waals surface area contributed by atoms with E-state index in [-0.39, 0.29) is 0 Å². The van der Waals surface area contributed by atoms with E-state index >= 15 is 0 Å². The van der Waals surface area contributed by atoms with Gasteiger partial charge in [-0.05, 0) is 12.6 Å². The Morgan fingerprint density at radius 1 is 1.42 bits per heavy atom. The number of rotatable bonds is 9. The molecular weight excluding hydrogens is 266 g/mol. The molecule has 7 heteroatoms. The van der Waals surface area contributed by atoms with Crippen molar-refractivity contribution in [3.63, 3.8) is 0 Å². The summed E-state index contributed by atoms with van der Waals surface area (Å²) >= 11 is 0. The fourth-order valence-corrected chi connectivity index (χ4v) is 3.17. The lowest BCUT2D eigenvalue weighted by Gasteiger charge is -2.19. The van der Waals surface area contributed by atoms with Gasteiger partial charge in [-0.25, -0.2) is 8.42 Å². The molecule has 0 radical (unpaired) electrons. The Kier molecular flexibility index (Phi) is 6.50. The Balaban J connectivity index is 2.82. The quantitative estimate of drug-likeness (QED) is 0.704. The molecule has 0 fully saturated rings. The number of hydrogen-bond acceptors (Lipinski definition) is 4. The van der Waals surface area contributed by atoms with Crippen molar-refractivity contribution in [2.24, 2.45) is 0 Å². The van der Waals surface area contributed by atoms with E-state index < -0.39 is 10.0 Å². The van der Waals surface area contributed by atoms with Crippen LogP contribution >= 0.6 is 0 Å². The number of sulfonamides is 1. The van der Waals surface area contributed by atoms with E-state index in [4.69, 9.17) is 4.74 Å². The lowest BCUT2D eigenvalue weighted by Crippen LogP contribution is -2.33. The number of ether oxygens (including phenoxy) is 1. The van der Waals surface area contributed by atoms with Crippen molar-refractivity contribution in [1.29, 1.82) is 0 Å². The summed E-state index contributed by atoms with van der Waals surface area (Å²) in [5.41, 5.74) is 0.864. The molecule has 0 aliphatic heterocycles. The fourth-order valence-electron chi connectivity index (χ4n) is 1.72. The highest BCUT2D eigenvalue weighted by Crippen LogP contribution is 2.16. The van der Waals surface area contributed by atoms with Gasteiger partial charge in [-0.2, -0.15) is 4.31 Å². The van der Waals surface area contributed by atoms with Crippen molar-refractivity contribution in [3.05, 3.63) is 18.0 Å². The number of likely N-dealkylation sites (N-methyl/N-ethyl adjacent to an activating group) is 1. The van der Waals surface area contributed by atoms with Crippen LogP contribution < -0.4 is 5.32 Å². The first-order valence-corrected chi connectivity index (χ1v) is 7.87. The van der Waals surface area contributed by atoms with Gasteiger partial charge in [0.1, 0.15) is 0 Å². The van der Waals surface area contributed by atoms with Crippen LogP contribution in [0.15, 0.2) is 17.2 Å². The van der Waals surface area contributed by atoms with Gasteiger partial charge in [-0.1, -0.05) is 13.8 Å². The number of nitrogens with one attached hydrogen (secondary N) is 2. The Labute approximate surface area is 115 Å². The summed E-state index contributed by atoms with van der Waals surface area (Å²) in [5.74, 6) is 0. The van der Waals surface area contributed by atoms with Crippen molar-refractivity contribution < 1.29 is 13.2 Å². The molecule has 0 unspecified atom stereocenters. The Morgan fingerprint density at radius 3 is 2.74 bits per heavy atom. The predicted molar refractivity (Wildman–Crippen MR) is 74.5 cm³/mol. The standard InChI is InChI=1S/C12H23N3O3S/c1-4-13-9-11-8-12(10-14-11)19(16,17)15(5-2)6-7-18-3/h8,10,13-14H,4-7,9H2,1-3H3. The van der Waals surface area contributed by atoms with Gasteiger partial charge in [0, 0.05) is 38.6 Å². The molecule has 19 heavy (non-hydrogen) atoms. The average Bonchev–Trinajstić information content (AvgIpc) is 2.86. The van der Waals surface area contributed by atoms with Crippen LogP contribution in [-0.4, -0.2) is 51.1 Å². The molecule has 0 bridgehead atoms. The maximum Gasteiger partial charge on any atom is 0.244 e. The average molecular weight is 289 g/mol. The van der Waals surface area contributed by atoms with E-state index in [1.54, 1.807) is 13.2 Å². The van der Waals surface area contributed by atoms with Gasteiger partial charge >= 0.3 is 0 Å². The third kappa shape index (κ3) is 4.31. The fraction of sp³-hybridized carbons (Fsp3) is 0.667. The maximum absolute atomic E-state index is 12.4. The van der Waals surface area contributed by atoms with Gasteiger partial charge in [-0.15, -0.1) is 0 Å². The molecule has 1 aromatic heterocycles. The molecule has 0 aliphatic carbocycles. The minimum atomic E-state index is -3.43. The van der Waals surface area contributed by atoms with E-state index in [9.17, 15) is 8.42 Å². The SMILES string of the molecule is CCNCc1cc(S(=O)(=O)N(CC)CCOC)c[nH]1. The summed E-state index contributed by atoms with van der Waals surface area (Å²) in [7, 11) is -1.87. The van der Waals surface area contributed by atoms with Gasteiger partial charge in [0.2, 0.25) is 10.0 Å². The summed E-state index contributed by atoms with van der Waals surface area (Å²) in [6.45, 7) is 6.49.